The van der Waals surface area contributed by atoms with Gasteiger partial charge >= 0.3 is 5.97 Å². The second-order valence-corrected chi connectivity index (χ2v) is 4.78. The summed E-state index contributed by atoms with van der Waals surface area (Å²) in [5, 5.41) is 16.0. The van der Waals surface area contributed by atoms with Crippen LogP contribution < -0.4 is 5.32 Å². The number of aromatic nitrogens is 5. The van der Waals surface area contributed by atoms with Crippen molar-refractivity contribution in [1.82, 2.24) is 24.7 Å². The number of carbonyl (C=O) groups is 2. The van der Waals surface area contributed by atoms with Crippen LogP contribution in [0.1, 0.15) is 26.7 Å². The maximum Gasteiger partial charge on any atom is 0.356 e. The number of nitrogens with zero attached hydrogens (tertiary/aromatic N) is 5. The molecule has 0 unspecified atom stereocenters. The minimum absolute atomic E-state index is 0.281. The zero-order valence-electron chi connectivity index (χ0n) is 12.5. The molecule has 3 rings (SSSR count). The molecule has 0 aliphatic rings. The van der Waals surface area contributed by atoms with Gasteiger partial charge in [0.15, 0.2) is 17.2 Å². The van der Waals surface area contributed by atoms with E-state index in [0.29, 0.717) is 17.3 Å². The van der Waals surface area contributed by atoms with Crippen molar-refractivity contribution < 1.29 is 14.7 Å². The van der Waals surface area contributed by atoms with Crippen LogP contribution in [-0.2, 0) is 0 Å². The summed E-state index contributed by atoms with van der Waals surface area (Å²) in [5.74, 6) is -1.17. The highest BCUT2D eigenvalue weighted by atomic mass is 16.4. The minimum atomic E-state index is -1.33. The Morgan fingerprint density at radius 1 is 1.08 bits per heavy atom. The third-order valence-corrected chi connectivity index (χ3v) is 3.06. The Morgan fingerprint density at radius 2 is 1.83 bits per heavy atom. The fourth-order valence-corrected chi connectivity index (χ4v) is 2.08. The quantitative estimate of drug-likeness (QED) is 0.741. The zero-order valence-corrected chi connectivity index (χ0v) is 12.5. The standard InChI is InChI=1S/C15H12N6O3/c1-9-8-11(21(20-9)10-4-2-3-5-16-10)19-14(22)12-13(15(23)24)18-7-6-17-12/h2-8H,1H3,(H,19,22)(H,23,24). The Hall–Kier alpha value is -3.62. The van der Waals surface area contributed by atoms with E-state index in [2.05, 4.69) is 25.4 Å². The number of carboxylic acids is 1. The molecule has 0 atom stereocenters. The van der Waals surface area contributed by atoms with Gasteiger partial charge in [-0.2, -0.15) is 9.78 Å². The van der Waals surface area contributed by atoms with E-state index in [1.807, 2.05) is 0 Å². The average molecular weight is 324 g/mol. The highest BCUT2D eigenvalue weighted by molar-refractivity contribution is 6.08. The molecule has 0 saturated heterocycles. The number of hydrogen-bond donors (Lipinski definition) is 2. The maximum absolute atomic E-state index is 12.4. The number of rotatable bonds is 4. The summed E-state index contributed by atoms with van der Waals surface area (Å²) in [4.78, 5) is 35.2. The van der Waals surface area contributed by atoms with Crippen LogP contribution in [0.2, 0.25) is 0 Å². The fraction of sp³-hybridized carbons (Fsp3) is 0.0667. The van der Waals surface area contributed by atoms with Gasteiger partial charge in [-0.05, 0) is 19.1 Å². The van der Waals surface area contributed by atoms with Gasteiger partial charge in [-0.15, -0.1) is 0 Å². The van der Waals surface area contributed by atoms with Crippen molar-refractivity contribution in [2.45, 2.75) is 6.92 Å². The smallest absolute Gasteiger partial charge is 0.356 e. The van der Waals surface area contributed by atoms with Gasteiger partial charge < -0.3 is 10.4 Å². The number of anilines is 1. The van der Waals surface area contributed by atoms with Gasteiger partial charge in [0.1, 0.15) is 5.82 Å². The number of amides is 1. The molecule has 0 bridgehead atoms. The van der Waals surface area contributed by atoms with Crippen molar-refractivity contribution in [2.24, 2.45) is 0 Å². The predicted octanol–water partition coefficient (Wildman–Crippen LogP) is 1.32. The first-order valence-corrected chi connectivity index (χ1v) is 6.90. The SMILES string of the molecule is Cc1cc(NC(=O)c2nccnc2C(=O)O)n(-c2ccccn2)n1. The largest absolute Gasteiger partial charge is 0.476 e. The molecule has 9 nitrogen and oxygen atoms in total. The Balaban J connectivity index is 1.96. The first-order chi connectivity index (χ1) is 11.6. The molecule has 9 heteroatoms. The molecule has 3 aromatic rings. The van der Waals surface area contributed by atoms with E-state index in [4.69, 9.17) is 5.11 Å². The number of pyridine rings is 1. The summed E-state index contributed by atoms with van der Waals surface area (Å²) in [5.41, 5.74) is -0.0411. The third kappa shape index (κ3) is 2.95. The van der Waals surface area contributed by atoms with E-state index in [1.165, 1.54) is 17.1 Å². The lowest BCUT2D eigenvalue weighted by Gasteiger charge is -2.08. The van der Waals surface area contributed by atoms with E-state index in [0.717, 1.165) is 0 Å². The third-order valence-electron chi connectivity index (χ3n) is 3.06. The highest BCUT2D eigenvalue weighted by Crippen LogP contribution is 2.16. The van der Waals surface area contributed by atoms with Gasteiger partial charge in [0.2, 0.25) is 0 Å². The summed E-state index contributed by atoms with van der Waals surface area (Å²) in [7, 11) is 0. The second kappa shape index (κ2) is 6.24. The number of carboxylic acid groups (broad SMARTS) is 1. The van der Waals surface area contributed by atoms with Crippen LogP contribution >= 0.6 is 0 Å². The Bertz CT molecular complexity index is 907. The lowest BCUT2D eigenvalue weighted by atomic mass is 10.3. The number of hydrogen-bond acceptors (Lipinski definition) is 6. The molecule has 3 heterocycles. The summed E-state index contributed by atoms with van der Waals surface area (Å²) in [6.07, 6.45) is 4.06. The van der Waals surface area contributed by atoms with Gasteiger partial charge in [0.05, 0.1) is 5.69 Å². The lowest BCUT2D eigenvalue weighted by Crippen LogP contribution is -2.21. The molecule has 3 aromatic heterocycles. The lowest BCUT2D eigenvalue weighted by molar-refractivity contribution is 0.0685. The number of nitrogens with one attached hydrogen (secondary N) is 1. The van der Waals surface area contributed by atoms with Crippen LogP contribution in [0, 0.1) is 6.92 Å². The maximum atomic E-state index is 12.4. The molecule has 2 N–H and O–H groups in total. The molecule has 24 heavy (non-hydrogen) atoms. The summed E-state index contributed by atoms with van der Waals surface area (Å²) in [6.45, 7) is 1.76. The molecule has 0 saturated carbocycles. The van der Waals surface area contributed by atoms with Crippen molar-refractivity contribution in [3.63, 3.8) is 0 Å². The van der Waals surface area contributed by atoms with Gasteiger partial charge in [-0.25, -0.2) is 19.7 Å². The van der Waals surface area contributed by atoms with Crippen LogP contribution in [0.5, 0.6) is 0 Å². The predicted molar refractivity (Wildman–Crippen MR) is 83.0 cm³/mol. The second-order valence-electron chi connectivity index (χ2n) is 4.78. The molecule has 1 amide bonds. The first kappa shape index (κ1) is 15.3. The Labute approximate surface area is 136 Å². The van der Waals surface area contributed by atoms with Gasteiger partial charge in [0, 0.05) is 24.7 Å². The van der Waals surface area contributed by atoms with Crippen LogP contribution in [0.4, 0.5) is 5.82 Å². The molecule has 0 aliphatic carbocycles. The molecule has 0 radical (unpaired) electrons. The van der Waals surface area contributed by atoms with E-state index in [-0.39, 0.29) is 5.69 Å². The summed E-state index contributed by atoms with van der Waals surface area (Å²) < 4.78 is 1.45. The van der Waals surface area contributed by atoms with Crippen molar-refractivity contribution >= 4 is 17.7 Å². The molecule has 120 valence electrons. The number of aromatic carboxylic acids is 1. The van der Waals surface area contributed by atoms with Gasteiger partial charge in [0.25, 0.3) is 5.91 Å². The van der Waals surface area contributed by atoms with E-state index in [9.17, 15) is 9.59 Å². The molecule has 0 spiro atoms. The number of aryl methyl sites for hydroxylation is 1. The van der Waals surface area contributed by atoms with Gasteiger partial charge in [-0.3, -0.25) is 4.79 Å². The fourth-order valence-electron chi connectivity index (χ4n) is 2.08. The van der Waals surface area contributed by atoms with Crippen LogP contribution in [0.25, 0.3) is 5.82 Å². The molecule has 0 fully saturated rings. The highest BCUT2D eigenvalue weighted by Gasteiger charge is 2.21. The Morgan fingerprint density at radius 3 is 2.50 bits per heavy atom. The zero-order chi connectivity index (χ0) is 17.1. The summed E-state index contributed by atoms with van der Waals surface area (Å²) in [6, 6.07) is 6.92. The molecular weight excluding hydrogens is 312 g/mol. The number of carbonyl (C=O) groups excluding carboxylic acids is 1. The van der Waals surface area contributed by atoms with Gasteiger partial charge in [-0.1, -0.05) is 6.07 Å². The van der Waals surface area contributed by atoms with Crippen molar-refractivity contribution in [1.29, 1.82) is 0 Å². The van der Waals surface area contributed by atoms with Crippen molar-refractivity contribution in [3.05, 3.63) is 59.9 Å². The van der Waals surface area contributed by atoms with Crippen molar-refractivity contribution in [2.75, 3.05) is 5.32 Å². The Kier molecular flexibility index (Phi) is 3.98. The van der Waals surface area contributed by atoms with Crippen LogP contribution in [0.3, 0.4) is 0 Å². The molecular formula is C15H12N6O3. The van der Waals surface area contributed by atoms with E-state index in [1.54, 1.807) is 37.4 Å². The van der Waals surface area contributed by atoms with Crippen LogP contribution in [0.15, 0.2) is 42.9 Å². The topological polar surface area (TPSA) is 123 Å². The normalized spacial score (nSPS) is 10.4. The average Bonchev–Trinajstić information content (AvgIpc) is 2.96. The molecule has 0 aromatic carbocycles. The monoisotopic (exact) mass is 324 g/mol. The minimum Gasteiger partial charge on any atom is -0.476 e. The first-order valence-electron chi connectivity index (χ1n) is 6.90. The van der Waals surface area contributed by atoms with E-state index >= 15 is 0 Å². The van der Waals surface area contributed by atoms with Crippen molar-refractivity contribution in [3.8, 4) is 5.82 Å². The van der Waals surface area contributed by atoms with E-state index < -0.39 is 17.6 Å². The van der Waals surface area contributed by atoms with Crippen LogP contribution in [-0.4, -0.2) is 41.7 Å². The molecule has 0 aliphatic heterocycles. The summed E-state index contributed by atoms with van der Waals surface area (Å²) >= 11 is 0.